The van der Waals surface area contributed by atoms with E-state index < -0.39 is 0 Å². The number of halogens is 1. The summed E-state index contributed by atoms with van der Waals surface area (Å²) in [4.78, 5) is 4.36. The summed E-state index contributed by atoms with van der Waals surface area (Å²) in [7, 11) is 1.94. The van der Waals surface area contributed by atoms with Crippen LogP contribution in [0.1, 0.15) is 5.56 Å². The fourth-order valence-corrected chi connectivity index (χ4v) is 2.32. The number of hydrogen-bond acceptors (Lipinski definition) is 2. The molecule has 0 aliphatic rings. The van der Waals surface area contributed by atoms with Crippen molar-refractivity contribution in [2.24, 2.45) is 12.8 Å². The lowest BCUT2D eigenvalue weighted by Crippen LogP contribution is -1.96. The smallest absolute Gasteiger partial charge is 0.123 e. The molecule has 0 unspecified atom stereocenters. The van der Waals surface area contributed by atoms with Gasteiger partial charge in [0.15, 0.2) is 0 Å². The standard InChI is InChI=1S/C15H14FN3/c1-19-9-13(12-7-11(16)2-3-15(12)19)14-6-10(8-17)4-5-18-14/h2-7,9H,8,17H2,1H3. The van der Waals surface area contributed by atoms with E-state index in [1.165, 1.54) is 6.07 Å². The average Bonchev–Trinajstić information content (AvgIpc) is 2.75. The van der Waals surface area contributed by atoms with Crippen molar-refractivity contribution in [3.05, 3.63) is 54.1 Å². The zero-order valence-corrected chi connectivity index (χ0v) is 10.6. The molecule has 4 heteroatoms. The zero-order chi connectivity index (χ0) is 13.4. The highest BCUT2D eigenvalue weighted by Crippen LogP contribution is 2.29. The third-order valence-electron chi connectivity index (χ3n) is 3.29. The zero-order valence-electron chi connectivity index (χ0n) is 10.6. The number of benzene rings is 1. The first-order valence-corrected chi connectivity index (χ1v) is 6.09. The predicted molar refractivity (Wildman–Crippen MR) is 74.0 cm³/mol. The van der Waals surface area contributed by atoms with Crippen LogP contribution in [0, 0.1) is 5.82 Å². The van der Waals surface area contributed by atoms with Gasteiger partial charge < -0.3 is 10.3 Å². The molecule has 19 heavy (non-hydrogen) atoms. The maximum atomic E-state index is 13.4. The Bertz CT molecular complexity index is 746. The number of nitrogens with two attached hydrogens (primary N) is 1. The van der Waals surface area contributed by atoms with E-state index in [-0.39, 0.29) is 5.82 Å². The first-order valence-electron chi connectivity index (χ1n) is 6.09. The summed E-state index contributed by atoms with van der Waals surface area (Å²) in [6, 6.07) is 8.62. The Balaban J connectivity index is 2.26. The van der Waals surface area contributed by atoms with Gasteiger partial charge in [0.25, 0.3) is 0 Å². The highest BCUT2D eigenvalue weighted by molar-refractivity contribution is 5.95. The van der Waals surface area contributed by atoms with Gasteiger partial charge in [0, 0.05) is 42.5 Å². The maximum absolute atomic E-state index is 13.4. The van der Waals surface area contributed by atoms with Crippen molar-refractivity contribution in [3.63, 3.8) is 0 Å². The second-order valence-corrected chi connectivity index (χ2v) is 4.57. The average molecular weight is 255 g/mol. The largest absolute Gasteiger partial charge is 0.350 e. The van der Waals surface area contributed by atoms with E-state index in [1.54, 1.807) is 18.3 Å². The number of fused-ring (bicyclic) bond motifs is 1. The number of aromatic nitrogens is 2. The highest BCUT2D eigenvalue weighted by atomic mass is 19.1. The topological polar surface area (TPSA) is 43.8 Å². The summed E-state index contributed by atoms with van der Waals surface area (Å²) in [5.41, 5.74) is 9.38. The predicted octanol–water partition coefficient (Wildman–Crippen LogP) is 2.84. The molecule has 3 aromatic rings. The van der Waals surface area contributed by atoms with Crippen molar-refractivity contribution < 1.29 is 4.39 Å². The minimum absolute atomic E-state index is 0.241. The Morgan fingerprint density at radius 3 is 2.89 bits per heavy atom. The summed E-state index contributed by atoms with van der Waals surface area (Å²) in [5, 5.41) is 0.865. The molecule has 3 rings (SSSR count). The van der Waals surface area contributed by atoms with Crippen LogP contribution in [0.25, 0.3) is 22.2 Å². The Hall–Kier alpha value is -2.20. The number of aryl methyl sites for hydroxylation is 1. The van der Waals surface area contributed by atoms with Crippen LogP contribution in [0.4, 0.5) is 4.39 Å². The van der Waals surface area contributed by atoms with Crippen LogP contribution in [-0.4, -0.2) is 9.55 Å². The van der Waals surface area contributed by atoms with Crippen LogP contribution >= 0.6 is 0 Å². The molecule has 0 atom stereocenters. The van der Waals surface area contributed by atoms with Crippen LogP contribution < -0.4 is 5.73 Å². The van der Waals surface area contributed by atoms with Crippen LogP contribution in [-0.2, 0) is 13.6 Å². The summed E-state index contributed by atoms with van der Waals surface area (Å²) >= 11 is 0. The van der Waals surface area contributed by atoms with Gasteiger partial charge in [-0.05, 0) is 35.9 Å². The molecule has 1 aromatic carbocycles. The summed E-state index contributed by atoms with van der Waals surface area (Å²) < 4.78 is 15.4. The van der Waals surface area contributed by atoms with Crippen molar-refractivity contribution in [1.82, 2.24) is 9.55 Å². The third kappa shape index (κ3) is 2.00. The monoisotopic (exact) mass is 255 g/mol. The van der Waals surface area contributed by atoms with E-state index in [2.05, 4.69) is 4.98 Å². The van der Waals surface area contributed by atoms with Crippen LogP contribution in [0.5, 0.6) is 0 Å². The van der Waals surface area contributed by atoms with Crippen molar-refractivity contribution in [3.8, 4) is 11.3 Å². The molecule has 0 aliphatic carbocycles. The summed E-state index contributed by atoms with van der Waals surface area (Å²) in [5.74, 6) is -0.241. The molecule has 3 nitrogen and oxygen atoms in total. The van der Waals surface area contributed by atoms with E-state index >= 15 is 0 Å². The van der Waals surface area contributed by atoms with Crippen LogP contribution in [0.2, 0.25) is 0 Å². The molecular weight excluding hydrogens is 241 g/mol. The first-order chi connectivity index (χ1) is 9.19. The minimum Gasteiger partial charge on any atom is -0.350 e. The Morgan fingerprint density at radius 2 is 2.11 bits per heavy atom. The SMILES string of the molecule is Cn1cc(-c2cc(CN)ccn2)c2cc(F)ccc21. The van der Waals surface area contributed by atoms with Crippen LogP contribution in [0.3, 0.4) is 0 Å². The number of pyridine rings is 1. The second-order valence-electron chi connectivity index (χ2n) is 4.57. The van der Waals surface area contributed by atoms with Gasteiger partial charge in [-0.15, -0.1) is 0 Å². The molecule has 0 saturated heterocycles. The molecule has 0 saturated carbocycles. The van der Waals surface area contributed by atoms with Gasteiger partial charge in [-0.25, -0.2) is 4.39 Å². The summed E-state index contributed by atoms with van der Waals surface area (Å²) in [6.45, 7) is 0.467. The normalized spacial score (nSPS) is 11.1. The molecule has 0 radical (unpaired) electrons. The second kappa shape index (κ2) is 4.48. The summed E-state index contributed by atoms with van der Waals surface area (Å²) in [6.07, 6.45) is 3.70. The van der Waals surface area contributed by atoms with Crippen molar-refractivity contribution in [1.29, 1.82) is 0 Å². The minimum atomic E-state index is -0.241. The number of hydrogen-bond donors (Lipinski definition) is 1. The van der Waals surface area contributed by atoms with E-state index in [9.17, 15) is 4.39 Å². The Labute approximate surface area is 110 Å². The van der Waals surface area contributed by atoms with Gasteiger partial charge in [0.1, 0.15) is 5.82 Å². The molecule has 2 heterocycles. The van der Waals surface area contributed by atoms with Crippen LogP contribution in [0.15, 0.2) is 42.7 Å². The molecule has 96 valence electrons. The molecule has 0 bridgehead atoms. The first kappa shape index (κ1) is 11.9. The van der Waals surface area contributed by atoms with E-state index in [0.717, 1.165) is 27.7 Å². The fraction of sp³-hybridized carbons (Fsp3) is 0.133. The van der Waals surface area contributed by atoms with Crippen molar-refractivity contribution in [2.75, 3.05) is 0 Å². The van der Waals surface area contributed by atoms with E-state index in [4.69, 9.17) is 5.73 Å². The van der Waals surface area contributed by atoms with Gasteiger partial charge in [-0.2, -0.15) is 0 Å². The highest BCUT2D eigenvalue weighted by Gasteiger charge is 2.10. The lowest BCUT2D eigenvalue weighted by atomic mass is 10.1. The third-order valence-corrected chi connectivity index (χ3v) is 3.29. The van der Waals surface area contributed by atoms with E-state index in [0.29, 0.717) is 6.54 Å². The van der Waals surface area contributed by atoms with Gasteiger partial charge in [0.2, 0.25) is 0 Å². The Kier molecular flexibility index (Phi) is 2.80. The molecule has 2 aromatic heterocycles. The van der Waals surface area contributed by atoms with Gasteiger partial charge in [0.05, 0.1) is 5.69 Å². The molecule has 0 fully saturated rings. The lowest BCUT2D eigenvalue weighted by Gasteiger charge is -2.01. The quantitative estimate of drug-likeness (QED) is 0.765. The van der Waals surface area contributed by atoms with Crippen molar-refractivity contribution in [2.45, 2.75) is 6.54 Å². The number of rotatable bonds is 2. The molecule has 0 spiro atoms. The molecule has 0 aliphatic heterocycles. The molecule has 0 amide bonds. The van der Waals surface area contributed by atoms with Gasteiger partial charge >= 0.3 is 0 Å². The molecule has 2 N–H and O–H groups in total. The van der Waals surface area contributed by atoms with Crippen molar-refractivity contribution >= 4 is 10.9 Å². The maximum Gasteiger partial charge on any atom is 0.123 e. The Morgan fingerprint density at radius 1 is 1.26 bits per heavy atom. The lowest BCUT2D eigenvalue weighted by molar-refractivity contribution is 0.629. The molecular formula is C15H14FN3. The van der Waals surface area contributed by atoms with Gasteiger partial charge in [-0.1, -0.05) is 0 Å². The number of nitrogens with zero attached hydrogens (tertiary/aromatic N) is 2. The van der Waals surface area contributed by atoms with E-state index in [1.807, 2.05) is 29.9 Å². The van der Waals surface area contributed by atoms with Gasteiger partial charge in [-0.3, -0.25) is 4.98 Å². The fourth-order valence-electron chi connectivity index (χ4n) is 2.32.